The summed E-state index contributed by atoms with van der Waals surface area (Å²) in [7, 11) is 0. The third-order valence-corrected chi connectivity index (χ3v) is 5.27. The van der Waals surface area contributed by atoms with Crippen molar-refractivity contribution < 1.29 is 5.11 Å². The van der Waals surface area contributed by atoms with Crippen LogP contribution in [0.5, 0.6) is 0 Å². The summed E-state index contributed by atoms with van der Waals surface area (Å²) in [6.45, 7) is 4.06. The van der Waals surface area contributed by atoms with Crippen molar-refractivity contribution in [3.63, 3.8) is 0 Å². The van der Waals surface area contributed by atoms with Gasteiger partial charge in [0.2, 0.25) is 0 Å². The van der Waals surface area contributed by atoms with Crippen LogP contribution in [0.2, 0.25) is 0 Å². The fourth-order valence-corrected chi connectivity index (χ4v) is 4.04. The molecule has 0 bridgehead atoms. The average molecular weight is 376 g/mol. The smallest absolute Gasteiger partial charge is 0.115 e. The topological polar surface area (TPSA) is 20.2 Å². The van der Waals surface area contributed by atoms with Gasteiger partial charge in [0.25, 0.3) is 0 Å². The Hall–Kier alpha value is -0.160. The van der Waals surface area contributed by atoms with Crippen LogP contribution in [0.1, 0.15) is 27.0 Å². The molecule has 0 amide bonds. The lowest BCUT2D eigenvalue weighted by molar-refractivity contribution is 0.222. The number of hydrogen-bond acceptors (Lipinski definition) is 2. The first-order valence-corrected chi connectivity index (χ1v) is 7.59. The Labute approximate surface area is 122 Å². The average Bonchev–Trinajstić information content (AvgIpc) is 2.60. The summed E-state index contributed by atoms with van der Waals surface area (Å²) in [6.07, 6.45) is -0.586. The third-order valence-electron chi connectivity index (χ3n) is 2.53. The molecule has 0 aliphatic carbocycles. The number of rotatable bonds is 2. The number of aliphatic hydroxyl groups excluding tert-OH is 1. The van der Waals surface area contributed by atoms with Gasteiger partial charge in [0.1, 0.15) is 6.10 Å². The highest BCUT2D eigenvalue weighted by molar-refractivity contribution is 9.10. The molecule has 1 nitrogen and oxygen atoms in total. The van der Waals surface area contributed by atoms with Crippen LogP contribution < -0.4 is 0 Å². The van der Waals surface area contributed by atoms with Gasteiger partial charge in [-0.25, -0.2) is 0 Å². The molecule has 2 rings (SSSR count). The van der Waals surface area contributed by atoms with Crippen LogP contribution in [0.25, 0.3) is 0 Å². The lowest BCUT2D eigenvalue weighted by Gasteiger charge is -2.13. The van der Waals surface area contributed by atoms with Gasteiger partial charge in [-0.15, -0.1) is 11.3 Å². The normalized spacial score (nSPS) is 12.8. The van der Waals surface area contributed by atoms with Crippen molar-refractivity contribution in [2.24, 2.45) is 0 Å². The lowest BCUT2D eigenvalue weighted by Crippen LogP contribution is -1.99. The first kappa shape index (κ1) is 13.3. The molecule has 90 valence electrons. The van der Waals surface area contributed by atoms with Crippen LogP contribution in [0.4, 0.5) is 0 Å². The molecule has 0 saturated carbocycles. The first-order chi connectivity index (χ1) is 7.99. The summed E-state index contributed by atoms with van der Waals surface area (Å²) in [5, 5.41) is 10.4. The molecular weight excluding hydrogens is 364 g/mol. The summed E-state index contributed by atoms with van der Waals surface area (Å²) in [5.41, 5.74) is 2.05. The monoisotopic (exact) mass is 374 g/mol. The summed E-state index contributed by atoms with van der Waals surface area (Å²) in [5.74, 6) is 0. The van der Waals surface area contributed by atoms with Crippen molar-refractivity contribution in [3.8, 4) is 0 Å². The Balaban J connectivity index is 2.46. The van der Waals surface area contributed by atoms with Crippen molar-refractivity contribution in [2.75, 3.05) is 0 Å². The molecule has 1 aromatic heterocycles. The minimum atomic E-state index is -0.586. The number of halogens is 2. The molecule has 0 aliphatic heterocycles. The number of hydrogen-bond donors (Lipinski definition) is 1. The maximum absolute atomic E-state index is 10.4. The van der Waals surface area contributed by atoms with Crippen molar-refractivity contribution in [1.29, 1.82) is 0 Å². The second kappa shape index (κ2) is 5.22. The van der Waals surface area contributed by atoms with Crippen molar-refractivity contribution in [3.05, 3.63) is 54.1 Å². The van der Waals surface area contributed by atoms with E-state index in [9.17, 15) is 5.11 Å². The van der Waals surface area contributed by atoms with E-state index in [1.54, 1.807) is 11.3 Å². The Bertz CT molecular complexity index is 548. The number of thiophene rings is 1. The number of aliphatic hydroxyl groups is 1. The van der Waals surface area contributed by atoms with Crippen LogP contribution in [-0.4, -0.2) is 5.11 Å². The highest BCUT2D eigenvalue weighted by Gasteiger charge is 2.18. The van der Waals surface area contributed by atoms with E-state index in [1.165, 1.54) is 4.88 Å². The van der Waals surface area contributed by atoms with Gasteiger partial charge >= 0.3 is 0 Å². The highest BCUT2D eigenvalue weighted by atomic mass is 79.9. The SMILES string of the molecule is Cc1ccc(Br)c(C(O)c2sc(C)cc2Br)c1. The summed E-state index contributed by atoms with van der Waals surface area (Å²) < 4.78 is 1.91. The van der Waals surface area contributed by atoms with Gasteiger partial charge in [0.15, 0.2) is 0 Å². The zero-order chi connectivity index (χ0) is 12.6. The molecule has 0 fully saturated rings. The molecule has 4 heteroatoms. The zero-order valence-corrected chi connectivity index (χ0v) is 13.5. The molecular formula is C13H12Br2OS. The molecule has 0 radical (unpaired) electrons. The lowest BCUT2D eigenvalue weighted by atomic mass is 10.1. The Kier molecular flexibility index (Phi) is 4.08. The van der Waals surface area contributed by atoms with Gasteiger partial charge in [-0.05, 0) is 41.9 Å². The first-order valence-electron chi connectivity index (χ1n) is 5.19. The van der Waals surface area contributed by atoms with Gasteiger partial charge in [0.05, 0.1) is 4.88 Å². The van der Waals surface area contributed by atoms with Gasteiger partial charge in [0, 0.05) is 19.4 Å². The van der Waals surface area contributed by atoms with E-state index in [0.29, 0.717) is 0 Å². The Morgan fingerprint density at radius 1 is 1.12 bits per heavy atom. The second-order valence-corrected chi connectivity index (χ2v) is 6.99. The molecule has 0 spiro atoms. The zero-order valence-electron chi connectivity index (χ0n) is 9.50. The predicted octanol–water partition coefficient (Wildman–Crippen LogP) is 4.97. The van der Waals surface area contributed by atoms with E-state index in [1.807, 2.05) is 38.1 Å². The van der Waals surface area contributed by atoms with Crippen LogP contribution in [0, 0.1) is 13.8 Å². The van der Waals surface area contributed by atoms with Crippen molar-refractivity contribution in [2.45, 2.75) is 20.0 Å². The van der Waals surface area contributed by atoms with Gasteiger partial charge in [-0.2, -0.15) is 0 Å². The van der Waals surface area contributed by atoms with E-state index in [0.717, 1.165) is 24.9 Å². The molecule has 17 heavy (non-hydrogen) atoms. The van der Waals surface area contributed by atoms with E-state index in [4.69, 9.17) is 0 Å². The predicted molar refractivity (Wildman–Crippen MR) is 79.7 cm³/mol. The molecule has 1 heterocycles. The molecule has 2 aromatic rings. The number of aryl methyl sites for hydroxylation is 2. The highest BCUT2D eigenvalue weighted by Crippen LogP contribution is 2.37. The van der Waals surface area contributed by atoms with E-state index < -0.39 is 6.10 Å². The molecule has 1 aromatic carbocycles. The summed E-state index contributed by atoms with van der Waals surface area (Å²) >= 11 is 8.60. The second-order valence-electron chi connectivity index (χ2n) is 4.00. The van der Waals surface area contributed by atoms with E-state index in [-0.39, 0.29) is 0 Å². The third kappa shape index (κ3) is 2.81. The molecule has 1 atom stereocenters. The largest absolute Gasteiger partial charge is 0.383 e. The fraction of sp³-hybridized carbons (Fsp3) is 0.231. The van der Waals surface area contributed by atoms with Crippen LogP contribution in [0.3, 0.4) is 0 Å². The molecule has 0 aliphatic rings. The summed E-state index contributed by atoms with van der Waals surface area (Å²) in [4.78, 5) is 2.14. The standard InChI is InChI=1S/C13H12Br2OS/c1-7-3-4-10(14)9(5-7)12(16)13-11(15)6-8(2)17-13/h3-6,12,16H,1-2H3. The van der Waals surface area contributed by atoms with Crippen LogP contribution in [0.15, 0.2) is 33.2 Å². The van der Waals surface area contributed by atoms with Crippen LogP contribution >= 0.6 is 43.2 Å². The van der Waals surface area contributed by atoms with Gasteiger partial charge in [-0.1, -0.05) is 33.6 Å². The van der Waals surface area contributed by atoms with Crippen LogP contribution in [-0.2, 0) is 0 Å². The van der Waals surface area contributed by atoms with Crippen molar-refractivity contribution in [1.82, 2.24) is 0 Å². The van der Waals surface area contributed by atoms with E-state index in [2.05, 4.69) is 31.9 Å². The van der Waals surface area contributed by atoms with E-state index >= 15 is 0 Å². The Morgan fingerprint density at radius 2 is 1.82 bits per heavy atom. The van der Waals surface area contributed by atoms with Gasteiger partial charge in [-0.3, -0.25) is 0 Å². The minimum absolute atomic E-state index is 0.586. The molecule has 0 saturated heterocycles. The quantitative estimate of drug-likeness (QED) is 0.785. The summed E-state index contributed by atoms with van der Waals surface area (Å²) in [6, 6.07) is 8.04. The maximum Gasteiger partial charge on any atom is 0.115 e. The number of benzene rings is 1. The molecule has 1 N–H and O–H groups in total. The maximum atomic E-state index is 10.4. The van der Waals surface area contributed by atoms with Crippen molar-refractivity contribution >= 4 is 43.2 Å². The Morgan fingerprint density at radius 3 is 2.41 bits per heavy atom. The molecule has 1 unspecified atom stereocenters. The fourth-order valence-electron chi connectivity index (χ4n) is 1.70. The van der Waals surface area contributed by atoms with Gasteiger partial charge < -0.3 is 5.11 Å². The minimum Gasteiger partial charge on any atom is -0.383 e.